The first-order valence-corrected chi connectivity index (χ1v) is 8.20. The van der Waals surface area contributed by atoms with Crippen molar-refractivity contribution in [1.29, 1.82) is 0 Å². The number of fused-ring (bicyclic) bond motifs is 1. The number of rotatable bonds is 1. The molecule has 24 heavy (non-hydrogen) atoms. The molecule has 0 radical (unpaired) electrons. The highest BCUT2D eigenvalue weighted by molar-refractivity contribution is 6.35. The normalized spacial score (nSPS) is 15.5. The molecule has 0 bridgehead atoms. The third kappa shape index (κ3) is 2.94. The predicted octanol–water partition coefficient (Wildman–Crippen LogP) is 3.31. The van der Waals surface area contributed by atoms with E-state index in [4.69, 9.17) is 20.8 Å². The number of carbonyl (C=O) groups is 2. The van der Waals surface area contributed by atoms with Crippen LogP contribution in [0.1, 0.15) is 22.5 Å². The van der Waals surface area contributed by atoms with Crippen LogP contribution in [0.4, 0.5) is 4.79 Å². The molecule has 0 unspecified atom stereocenters. The minimum atomic E-state index is -0.365. The molecule has 1 saturated heterocycles. The van der Waals surface area contributed by atoms with Crippen LogP contribution < -0.4 is 0 Å². The largest absolute Gasteiger partial charge is 0.453 e. The van der Waals surface area contributed by atoms with Crippen molar-refractivity contribution >= 4 is 34.6 Å². The summed E-state index contributed by atoms with van der Waals surface area (Å²) in [4.78, 5) is 27.8. The van der Waals surface area contributed by atoms with E-state index in [1.54, 1.807) is 15.9 Å². The molecule has 0 N–H and O–H groups in total. The fourth-order valence-electron chi connectivity index (χ4n) is 2.99. The van der Waals surface area contributed by atoms with Gasteiger partial charge in [-0.1, -0.05) is 23.7 Å². The Labute approximate surface area is 144 Å². The molecular weight excluding hydrogens is 332 g/mol. The van der Waals surface area contributed by atoms with Crippen LogP contribution in [-0.2, 0) is 4.74 Å². The van der Waals surface area contributed by atoms with Gasteiger partial charge in [0.25, 0.3) is 5.91 Å². The second-order valence-corrected chi connectivity index (χ2v) is 6.18. The highest BCUT2D eigenvalue weighted by atomic mass is 35.5. The summed E-state index contributed by atoms with van der Waals surface area (Å²) in [6.45, 7) is 3.88. The smallest absolute Gasteiger partial charge is 0.409 e. The Balaban J connectivity index is 1.83. The first-order valence-electron chi connectivity index (χ1n) is 7.82. The summed E-state index contributed by atoms with van der Waals surface area (Å²) in [7, 11) is 1.36. The van der Waals surface area contributed by atoms with Crippen LogP contribution in [0, 0.1) is 6.92 Å². The summed E-state index contributed by atoms with van der Waals surface area (Å²) < 4.78 is 10.5. The second kappa shape index (κ2) is 6.73. The molecule has 0 aliphatic carbocycles. The summed E-state index contributed by atoms with van der Waals surface area (Å²) in [5.74, 6) is 0.135. The van der Waals surface area contributed by atoms with Gasteiger partial charge in [0.05, 0.1) is 12.1 Å². The first kappa shape index (κ1) is 16.6. The van der Waals surface area contributed by atoms with Gasteiger partial charge >= 0.3 is 6.09 Å². The SMILES string of the molecule is COC(=O)N1CCCN(C(=O)c2oc3c(Cl)cccc3c2C)CC1. The number of aryl methyl sites for hydroxylation is 1. The molecule has 7 heteroatoms. The number of halogens is 1. The number of carbonyl (C=O) groups excluding carboxylic acids is 2. The fourth-order valence-corrected chi connectivity index (χ4v) is 3.20. The van der Waals surface area contributed by atoms with Gasteiger partial charge < -0.3 is 19.0 Å². The molecule has 0 atom stereocenters. The van der Waals surface area contributed by atoms with Gasteiger partial charge in [-0.25, -0.2) is 4.79 Å². The Morgan fingerprint density at radius 1 is 1.17 bits per heavy atom. The van der Waals surface area contributed by atoms with E-state index in [1.807, 2.05) is 19.1 Å². The van der Waals surface area contributed by atoms with Gasteiger partial charge in [-0.15, -0.1) is 0 Å². The molecular formula is C17H19ClN2O4. The Bertz CT molecular complexity index is 786. The van der Waals surface area contributed by atoms with Gasteiger partial charge in [0.1, 0.15) is 0 Å². The number of methoxy groups -OCH3 is 1. The standard InChI is InChI=1S/C17H19ClN2O4/c1-11-12-5-3-6-13(18)15(12)24-14(11)16(21)19-7-4-8-20(10-9-19)17(22)23-2/h3,5-6H,4,7-10H2,1-2H3. The van der Waals surface area contributed by atoms with E-state index in [0.717, 1.165) is 10.9 Å². The molecule has 0 saturated carbocycles. The number of para-hydroxylation sites is 1. The molecule has 6 nitrogen and oxygen atoms in total. The van der Waals surface area contributed by atoms with Crippen molar-refractivity contribution in [2.45, 2.75) is 13.3 Å². The molecule has 2 aromatic rings. The van der Waals surface area contributed by atoms with Crippen molar-refractivity contribution in [2.75, 3.05) is 33.3 Å². The number of nitrogens with zero attached hydrogens (tertiary/aromatic N) is 2. The molecule has 1 aromatic heterocycles. The number of amides is 2. The molecule has 1 aromatic carbocycles. The molecule has 0 spiro atoms. The van der Waals surface area contributed by atoms with Crippen LogP contribution >= 0.6 is 11.6 Å². The molecule has 1 aliphatic heterocycles. The lowest BCUT2D eigenvalue weighted by atomic mass is 10.1. The first-order chi connectivity index (χ1) is 11.5. The topological polar surface area (TPSA) is 63.0 Å². The van der Waals surface area contributed by atoms with E-state index in [0.29, 0.717) is 49.0 Å². The average Bonchev–Trinajstić information content (AvgIpc) is 2.77. The Kier molecular flexibility index (Phi) is 4.66. The maximum absolute atomic E-state index is 12.9. The maximum atomic E-state index is 12.9. The molecule has 128 valence electrons. The average molecular weight is 351 g/mol. The maximum Gasteiger partial charge on any atom is 0.409 e. The molecule has 3 rings (SSSR count). The van der Waals surface area contributed by atoms with Crippen LogP contribution in [0.25, 0.3) is 11.0 Å². The van der Waals surface area contributed by atoms with Crippen LogP contribution in [0.3, 0.4) is 0 Å². The zero-order valence-corrected chi connectivity index (χ0v) is 14.4. The van der Waals surface area contributed by atoms with Crippen molar-refractivity contribution in [1.82, 2.24) is 9.80 Å². The predicted molar refractivity (Wildman–Crippen MR) is 90.5 cm³/mol. The number of ether oxygens (including phenoxy) is 1. The zero-order chi connectivity index (χ0) is 17.3. The molecule has 1 fully saturated rings. The van der Waals surface area contributed by atoms with E-state index >= 15 is 0 Å². The zero-order valence-electron chi connectivity index (χ0n) is 13.7. The lowest BCUT2D eigenvalue weighted by molar-refractivity contribution is 0.0727. The lowest BCUT2D eigenvalue weighted by Crippen LogP contribution is -2.37. The van der Waals surface area contributed by atoms with Gasteiger partial charge in [0.2, 0.25) is 0 Å². The fraction of sp³-hybridized carbons (Fsp3) is 0.412. The van der Waals surface area contributed by atoms with E-state index in [1.165, 1.54) is 7.11 Å². The van der Waals surface area contributed by atoms with Crippen molar-refractivity contribution < 1.29 is 18.7 Å². The summed E-state index contributed by atoms with van der Waals surface area (Å²) in [6.07, 6.45) is 0.330. The van der Waals surface area contributed by atoms with Crippen molar-refractivity contribution in [3.8, 4) is 0 Å². The van der Waals surface area contributed by atoms with Crippen LogP contribution in [0.5, 0.6) is 0 Å². The summed E-state index contributed by atoms with van der Waals surface area (Å²) in [6, 6.07) is 5.46. The van der Waals surface area contributed by atoms with E-state index in [2.05, 4.69) is 0 Å². The Hall–Kier alpha value is -2.21. The van der Waals surface area contributed by atoms with E-state index in [-0.39, 0.29) is 12.0 Å². The number of benzene rings is 1. The monoisotopic (exact) mass is 350 g/mol. The van der Waals surface area contributed by atoms with Crippen molar-refractivity contribution in [3.63, 3.8) is 0 Å². The summed E-state index contributed by atoms with van der Waals surface area (Å²) >= 11 is 6.15. The van der Waals surface area contributed by atoms with Gasteiger partial charge in [-0.3, -0.25) is 4.79 Å². The number of hydrogen-bond donors (Lipinski definition) is 0. The van der Waals surface area contributed by atoms with E-state index in [9.17, 15) is 9.59 Å². The third-order valence-electron chi connectivity index (χ3n) is 4.33. The summed E-state index contributed by atoms with van der Waals surface area (Å²) in [5.41, 5.74) is 1.32. The number of hydrogen-bond acceptors (Lipinski definition) is 4. The third-order valence-corrected chi connectivity index (χ3v) is 4.62. The minimum absolute atomic E-state index is 0.175. The molecule has 2 amide bonds. The lowest BCUT2D eigenvalue weighted by Gasteiger charge is -2.20. The summed E-state index contributed by atoms with van der Waals surface area (Å²) in [5, 5.41) is 1.33. The van der Waals surface area contributed by atoms with Crippen LogP contribution in [0.15, 0.2) is 22.6 Å². The van der Waals surface area contributed by atoms with Gasteiger partial charge in [0.15, 0.2) is 11.3 Å². The molecule has 2 heterocycles. The highest BCUT2D eigenvalue weighted by Crippen LogP contribution is 2.31. The van der Waals surface area contributed by atoms with Gasteiger partial charge in [0, 0.05) is 37.1 Å². The minimum Gasteiger partial charge on any atom is -0.453 e. The van der Waals surface area contributed by atoms with Gasteiger partial charge in [-0.2, -0.15) is 0 Å². The highest BCUT2D eigenvalue weighted by Gasteiger charge is 2.27. The quantitative estimate of drug-likeness (QED) is 0.791. The van der Waals surface area contributed by atoms with Crippen molar-refractivity contribution in [2.24, 2.45) is 0 Å². The van der Waals surface area contributed by atoms with Crippen molar-refractivity contribution in [3.05, 3.63) is 34.5 Å². The van der Waals surface area contributed by atoms with Crippen LogP contribution in [-0.4, -0.2) is 55.1 Å². The Morgan fingerprint density at radius 3 is 2.58 bits per heavy atom. The Morgan fingerprint density at radius 2 is 1.88 bits per heavy atom. The second-order valence-electron chi connectivity index (χ2n) is 5.78. The molecule has 1 aliphatic rings. The van der Waals surface area contributed by atoms with Gasteiger partial charge in [-0.05, 0) is 19.4 Å². The number of furan rings is 1. The van der Waals surface area contributed by atoms with E-state index < -0.39 is 0 Å². The van der Waals surface area contributed by atoms with Crippen LogP contribution in [0.2, 0.25) is 5.02 Å².